The molecule has 1 heterocycles. The van der Waals surface area contributed by atoms with Crippen molar-refractivity contribution in [3.05, 3.63) is 0 Å². The number of sulfone groups is 1. The van der Waals surface area contributed by atoms with E-state index < -0.39 is 9.84 Å². The molecule has 1 atom stereocenters. The molecule has 0 aromatic carbocycles. The minimum absolute atomic E-state index is 0.318. The van der Waals surface area contributed by atoms with E-state index in [1.807, 2.05) is 41.5 Å². The maximum atomic E-state index is 11.0. The van der Waals surface area contributed by atoms with Crippen LogP contribution in [0.4, 0.5) is 0 Å². The van der Waals surface area contributed by atoms with Crippen LogP contribution in [-0.2, 0) is 9.84 Å². The third-order valence-corrected chi connectivity index (χ3v) is 4.77. The zero-order valence-electron chi connectivity index (χ0n) is 15.7. The number of likely N-dealkylation sites (tertiary alicyclic amines) is 1. The van der Waals surface area contributed by atoms with Crippen LogP contribution in [-0.4, -0.2) is 45.0 Å². The van der Waals surface area contributed by atoms with Gasteiger partial charge in [0.15, 0.2) is 0 Å². The summed E-state index contributed by atoms with van der Waals surface area (Å²) in [6.45, 7) is 17.3. The second kappa shape index (κ2) is 11.5. The lowest BCUT2D eigenvalue weighted by atomic mass is 9.78. The Balaban J connectivity index is 0. The van der Waals surface area contributed by atoms with E-state index in [4.69, 9.17) is 0 Å². The van der Waals surface area contributed by atoms with Crippen LogP contribution in [0, 0.1) is 11.3 Å². The van der Waals surface area contributed by atoms with Gasteiger partial charge in [-0.1, -0.05) is 54.9 Å². The quantitative estimate of drug-likeness (QED) is 0.780. The second-order valence-electron chi connectivity index (χ2n) is 5.69. The first-order valence-corrected chi connectivity index (χ1v) is 10.8. The Morgan fingerprint density at radius 1 is 1.05 bits per heavy atom. The van der Waals surface area contributed by atoms with Crippen molar-refractivity contribution in [1.29, 1.82) is 0 Å². The molecule has 1 saturated heterocycles. The van der Waals surface area contributed by atoms with Gasteiger partial charge in [-0.25, -0.2) is 8.42 Å². The molecule has 4 heteroatoms. The first kappa shape index (κ1) is 23.2. The topological polar surface area (TPSA) is 37.4 Å². The van der Waals surface area contributed by atoms with E-state index in [0.717, 1.165) is 25.6 Å². The van der Waals surface area contributed by atoms with E-state index in [9.17, 15) is 8.42 Å². The molecule has 0 bridgehead atoms. The van der Waals surface area contributed by atoms with Crippen molar-refractivity contribution < 1.29 is 8.42 Å². The average molecular weight is 322 g/mol. The summed E-state index contributed by atoms with van der Waals surface area (Å²) < 4.78 is 22.0. The predicted octanol–water partition coefficient (Wildman–Crippen LogP) is 4.23. The van der Waals surface area contributed by atoms with Gasteiger partial charge in [0, 0.05) is 25.9 Å². The second-order valence-corrected chi connectivity index (χ2v) is 7.95. The summed E-state index contributed by atoms with van der Waals surface area (Å²) in [4.78, 5) is 2.29. The largest absolute Gasteiger partial charge is 0.301 e. The lowest BCUT2D eigenvalue weighted by Crippen LogP contribution is -2.55. The van der Waals surface area contributed by atoms with E-state index >= 15 is 0 Å². The van der Waals surface area contributed by atoms with Crippen LogP contribution >= 0.6 is 0 Å². The van der Waals surface area contributed by atoms with Gasteiger partial charge in [-0.2, -0.15) is 0 Å². The van der Waals surface area contributed by atoms with Crippen molar-refractivity contribution in [2.24, 2.45) is 11.3 Å². The average Bonchev–Trinajstić information content (AvgIpc) is 2.83. The maximum absolute atomic E-state index is 11.0. The first-order chi connectivity index (χ1) is 9.89. The van der Waals surface area contributed by atoms with Gasteiger partial charge < -0.3 is 4.90 Å². The molecule has 21 heavy (non-hydrogen) atoms. The van der Waals surface area contributed by atoms with E-state index in [1.54, 1.807) is 0 Å². The zero-order chi connectivity index (χ0) is 17.1. The molecule has 2 rings (SSSR count). The Bertz CT molecular complexity index is 333. The van der Waals surface area contributed by atoms with Crippen molar-refractivity contribution in [1.82, 2.24) is 4.90 Å². The van der Waals surface area contributed by atoms with Gasteiger partial charge in [0.25, 0.3) is 0 Å². The Morgan fingerprint density at radius 2 is 1.52 bits per heavy atom. The van der Waals surface area contributed by atoms with Crippen molar-refractivity contribution in [3.8, 4) is 0 Å². The molecule has 0 N–H and O–H groups in total. The van der Waals surface area contributed by atoms with Gasteiger partial charge >= 0.3 is 0 Å². The molecule has 0 aromatic rings. The summed E-state index contributed by atoms with van der Waals surface area (Å²) in [6, 6.07) is 0. The van der Waals surface area contributed by atoms with Crippen LogP contribution in [0.2, 0.25) is 0 Å². The summed E-state index contributed by atoms with van der Waals surface area (Å²) in [5.41, 5.74) is 0.566. The molecule has 1 saturated carbocycles. The van der Waals surface area contributed by atoms with Gasteiger partial charge in [-0.15, -0.1) is 0 Å². The van der Waals surface area contributed by atoms with E-state index in [0.29, 0.717) is 11.2 Å². The number of nitrogens with zero attached hydrogens (tertiary/aromatic N) is 1. The summed E-state index contributed by atoms with van der Waals surface area (Å²) in [7, 11) is -2.78. The molecule has 1 spiro atoms. The number of hydrogen-bond donors (Lipinski definition) is 0. The standard InChI is InChI=1S/C11H21NO2S.3C2H6/c1-10-3-4-11(7-10)8-12(9-11)5-6-15(2,13)14;3*1-2/h10H,3-9H2,1-2H3;3*1-2H3. The van der Waals surface area contributed by atoms with Crippen molar-refractivity contribution in [3.63, 3.8) is 0 Å². The summed E-state index contributed by atoms with van der Waals surface area (Å²) >= 11 is 0. The predicted molar refractivity (Wildman–Crippen MR) is 95.6 cm³/mol. The lowest BCUT2D eigenvalue weighted by molar-refractivity contribution is 0.00860. The molecule has 2 fully saturated rings. The van der Waals surface area contributed by atoms with Crippen molar-refractivity contribution in [2.45, 2.75) is 67.7 Å². The van der Waals surface area contributed by atoms with Crippen molar-refractivity contribution >= 4 is 9.84 Å². The fourth-order valence-electron chi connectivity index (χ4n) is 3.14. The molecule has 130 valence electrons. The number of hydrogen-bond acceptors (Lipinski definition) is 3. The fourth-order valence-corrected chi connectivity index (χ4v) is 3.73. The summed E-state index contributed by atoms with van der Waals surface area (Å²) in [6.07, 6.45) is 5.38. The molecular weight excluding hydrogens is 282 g/mol. The van der Waals surface area contributed by atoms with Gasteiger partial charge in [0.05, 0.1) is 5.75 Å². The normalized spacial score (nSPS) is 22.8. The fraction of sp³-hybridized carbons (Fsp3) is 1.00. The van der Waals surface area contributed by atoms with Crippen LogP contribution in [0.3, 0.4) is 0 Å². The summed E-state index contributed by atoms with van der Waals surface area (Å²) in [5, 5.41) is 0. The van der Waals surface area contributed by atoms with Gasteiger partial charge in [0.1, 0.15) is 9.84 Å². The highest BCUT2D eigenvalue weighted by atomic mass is 32.2. The monoisotopic (exact) mass is 321 g/mol. The molecule has 0 radical (unpaired) electrons. The highest BCUT2D eigenvalue weighted by Gasteiger charge is 2.46. The van der Waals surface area contributed by atoms with Gasteiger partial charge in [-0.05, 0) is 24.2 Å². The summed E-state index contributed by atoms with van der Waals surface area (Å²) in [5.74, 6) is 1.19. The first-order valence-electron chi connectivity index (χ1n) is 8.79. The number of rotatable bonds is 3. The molecule has 0 amide bonds. The zero-order valence-corrected chi connectivity index (χ0v) is 16.5. The third-order valence-electron chi connectivity index (χ3n) is 3.85. The van der Waals surface area contributed by atoms with E-state index in [1.165, 1.54) is 25.5 Å². The minimum Gasteiger partial charge on any atom is -0.301 e. The van der Waals surface area contributed by atoms with Crippen LogP contribution in [0.25, 0.3) is 0 Å². The smallest absolute Gasteiger partial charge is 0.148 e. The van der Waals surface area contributed by atoms with Crippen molar-refractivity contribution in [2.75, 3.05) is 31.6 Å². The van der Waals surface area contributed by atoms with E-state index in [-0.39, 0.29) is 0 Å². The van der Waals surface area contributed by atoms with E-state index in [2.05, 4.69) is 11.8 Å². The van der Waals surface area contributed by atoms with Crippen LogP contribution in [0.1, 0.15) is 67.7 Å². The highest BCUT2D eigenvalue weighted by molar-refractivity contribution is 7.90. The Hall–Kier alpha value is -0.0900. The Morgan fingerprint density at radius 3 is 1.86 bits per heavy atom. The SMILES string of the molecule is CC.CC.CC.CC1CCC2(C1)CN(CCS(C)(=O)=O)C2. The highest BCUT2D eigenvalue weighted by Crippen LogP contribution is 2.47. The third kappa shape index (κ3) is 8.82. The minimum atomic E-state index is -2.78. The van der Waals surface area contributed by atoms with Crippen LogP contribution in [0.5, 0.6) is 0 Å². The van der Waals surface area contributed by atoms with Gasteiger partial charge in [-0.3, -0.25) is 0 Å². The lowest BCUT2D eigenvalue weighted by Gasteiger charge is -2.48. The van der Waals surface area contributed by atoms with Crippen LogP contribution < -0.4 is 0 Å². The van der Waals surface area contributed by atoms with Gasteiger partial charge in [0.2, 0.25) is 0 Å². The molecule has 3 nitrogen and oxygen atoms in total. The Kier molecular flexibility index (Phi) is 12.7. The molecule has 1 unspecified atom stereocenters. The van der Waals surface area contributed by atoms with Crippen LogP contribution in [0.15, 0.2) is 0 Å². The Labute approximate surface area is 134 Å². The molecule has 0 aromatic heterocycles. The molecule has 1 aliphatic heterocycles. The maximum Gasteiger partial charge on any atom is 0.148 e. The molecular formula is C17H39NO2S. The molecule has 2 aliphatic rings. The molecule has 1 aliphatic carbocycles.